The Hall–Kier alpha value is -2.87. The lowest BCUT2D eigenvalue weighted by Gasteiger charge is -2.14. The molecule has 2 amide bonds. The first-order chi connectivity index (χ1) is 12.5. The highest BCUT2D eigenvalue weighted by molar-refractivity contribution is 9.10. The van der Waals surface area contributed by atoms with Gasteiger partial charge in [0.05, 0.1) is 16.8 Å². The third-order valence-electron chi connectivity index (χ3n) is 4.25. The number of imide groups is 1. The molecule has 0 fully saturated rings. The molecule has 0 saturated carbocycles. The van der Waals surface area contributed by atoms with Crippen LogP contribution < -0.4 is 5.56 Å². The van der Waals surface area contributed by atoms with Gasteiger partial charge in [-0.05, 0) is 40.2 Å². The first-order valence-electron chi connectivity index (χ1n) is 7.79. The quantitative estimate of drug-likeness (QED) is 0.615. The molecule has 4 rings (SSSR count). The Kier molecular flexibility index (Phi) is 3.91. The molecule has 0 saturated heterocycles. The number of pyridine rings is 1. The zero-order chi connectivity index (χ0) is 18.4. The summed E-state index contributed by atoms with van der Waals surface area (Å²) in [6.45, 7) is 0.0920. The number of carbonyl (C=O) groups is 2. The molecule has 0 spiro atoms. The smallest absolute Gasteiger partial charge is 0.272 e. The van der Waals surface area contributed by atoms with Gasteiger partial charge in [-0.2, -0.15) is 0 Å². The zero-order valence-corrected chi connectivity index (χ0v) is 14.9. The molecule has 1 aliphatic heterocycles. The molecule has 26 heavy (non-hydrogen) atoms. The maximum atomic E-state index is 13.3. The van der Waals surface area contributed by atoms with E-state index in [0.29, 0.717) is 16.8 Å². The van der Waals surface area contributed by atoms with E-state index >= 15 is 0 Å². The van der Waals surface area contributed by atoms with Gasteiger partial charge in [0.1, 0.15) is 15.9 Å². The van der Waals surface area contributed by atoms with Gasteiger partial charge in [-0.15, -0.1) is 0 Å². The predicted octanol–water partition coefficient (Wildman–Crippen LogP) is 2.43. The van der Waals surface area contributed by atoms with Gasteiger partial charge in [0.15, 0.2) is 0 Å². The zero-order valence-electron chi connectivity index (χ0n) is 13.3. The first kappa shape index (κ1) is 16.6. The number of hydrogen-bond acceptors (Lipinski definition) is 4. The van der Waals surface area contributed by atoms with Gasteiger partial charge in [-0.25, -0.2) is 9.37 Å². The van der Waals surface area contributed by atoms with Gasteiger partial charge in [-0.3, -0.25) is 23.7 Å². The third-order valence-corrected chi connectivity index (χ3v) is 5.05. The second-order valence-corrected chi connectivity index (χ2v) is 6.60. The van der Waals surface area contributed by atoms with Crippen LogP contribution in [0.2, 0.25) is 0 Å². The van der Waals surface area contributed by atoms with Crippen molar-refractivity contribution in [2.45, 2.75) is 6.42 Å². The lowest BCUT2D eigenvalue weighted by Crippen LogP contribution is -2.32. The summed E-state index contributed by atoms with van der Waals surface area (Å²) in [6, 6.07) is 9.24. The molecular formula is C18H11BrFN3O3. The Morgan fingerprint density at radius 2 is 1.65 bits per heavy atom. The minimum atomic E-state index is -0.549. The van der Waals surface area contributed by atoms with Crippen LogP contribution in [0, 0.1) is 5.82 Å². The summed E-state index contributed by atoms with van der Waals surface area (Å²) in [4.78, 5) is 42.6. The maximum Gasteiger partial charge on any atom is 0.272 e. The Labute approximate surface area is 155 Å². The number of nitrogens with zero attached hydrogens (tertiary/aromatic N) is 3. The van der Waals surface area contributed by atoms with Crippen molar-refractivity contribution >= 4 is 33.4 Å². The Balaban J connectivity index is 1.64. The van der Waals surface area contributed by atoms with Gasteiger partial charge >= 0.3 is 0 Å². The topological polar surface area (TPSA) is 71.8 Å². The van der Waals surface area contributed by atoms with Crippen molar-refractivity contribution in [1.29, 1.82) is 0 Å². The normalized spacial score (nSPS) is 13.5. The fourth-order valence-electron chi connectivity index (χ4n) is 2.96. The predicted molar refractivity (Wildman–Crippen MR) is 94.6 cm³/mol. The van der Waals surface area contributed by atoms with E-state index in [0.717, 1.165) is 15.5 Å². The van der Waals surface area contributed by atoms with Gasteiger partial charge in [0, 0.05) is 19.2 Å². The summed E-state index contributed by atoms with van der Waals surface area (Å²) in [5.41, 5.74) is 0.985. The molecule has 0 radical (unpaired) electrons. The SMILES string of the molecule is O=C1c2ccccc2C(=O)N1CCc1nc2ccc(F)cn2c(=O)c1Br. The third kappa shape index (κ3) is 2.53. The van der Waals surface area contributed by atoms with E-state index in [1.165, 1.54) is 12.1 Å². The summed E-state index contributed by atoms with van der Waals surface area (Å²) < 4.78 is 14.6. The molecule has 3 aromatic rings. The number of halogens is 2. The monoisotopic (exact) mass is 415 g/mol. The van der Waals surface area contributed by atoms with Crippen molar-refractivity contribution in [1.82, 2.24) is 14.3 Å². The molecule has 8 heteroatoms. The van der Waals surface area contributed by atoms with Gasteiger partial charge in [-0.1, -0.05) is 12.1 Å². The van der Waals surface area contributed by atoms with Crippen LogP contribution in [0.15, 0.2) is 51.9 Å². The van der Waals surface area contributed by atoms with E-state index in [9.17, 15) is 18.8 Å². The largest absolute Gasteiger partial charge is 0.274 e. The Morgan fingerprint density at radius 3 is 2.31 bits per heavy atom. The number of carbonyl (C=O) groups excluding carboxylic acids is 2. The number of rotatable bonds is 3. The fourth-order valence-corrected chi connectivity index (χ4v) is 3.44. The number of aromatic nitrogens is 2. The van der Waals surface area contributed by atoms with Crippen LogP contribution in [0.1, 0.15) is 26.4 Å². The van der Waals surface area contributed by atoms with Gasteiger partial charge in [0.25, 0.3) is 17.4 Å². The summed E-state index contributed by atoms with van der Waals surface area (Å²) in [5, 5.41) is 0. The molecule has 1 aliphatic rings. The summed E-state index contributed by atoms with van der Waals surface area (Å²) in [5.74, 6) is -1.27. The van der Waals surface area contributed by atoms with E-state index in [-0.39, 0.29) is 34.9 Å². The molecule has 130 valence electrons. The summed E-state index contributed by atoms with van der Waals surface area (Å²) in [6.07, 6.45) is 1.26. The molecule has 0 aliphatic carbocycles. The fraction of sp³-hybridized carbons (Fsp3) is 0.111. The number of benzene rings is 1. The molecule has 0 bridgehead atoms. The first-order valence-corrected chi connectivity index (χ1v) is 8.58. The minimum Gasteiger partial charge on any atom is -0.274 e. The van der Waals surface area contributed by atoms with Crippen molar-refractivity contribution in [3.05, 3.63) is 80.1 Å². The van der Waals surface area contributed by atoms with Crippen molar-refractivity contribution < 1.29 is 14.0 Å². The van der Waals surface area contributed by atoms with Crippen molar-refractivity contribution in [3.63, 3.8) is 0 Å². The molecule has 0 unspecified atom stereocenters. The molecular weight excluding hydrogens is 405 g/mol. The molecule has 0 atom stereocenters. The molecule has 1 aromatic carbocycles. The van der Waals surface area contributed by atoms with Crippen LogP contribution in [0.5, 0.6) is 0 Å². The standard InChI is InChI=1S/C18H11BrFN3O3/c19-15-13(21-14-6-5-10(20)9-23(14)18(15)26)7-8-22-16(24)11-3-1-2-4-12(11)17(22)25/h1-6,9H,7-8H2. The van der Waals surface area contributed by atoms with Gasteiger partial charge in [0.2, 0.25) is 0 Å². The highest BCUT2D eigenvalue weighted by Crippen LogP contribution is 2.23. The van der Waals surface area contributed by atoms with Gasteiger partial charge < -0.3 is 0 Å². The van der Waals surface area contributed by atoms with Crippen LogP contribution in [0.25, 0.3) is 5.65 Å². The van der Waals surface area contributed by atoms with E-state index in [4.69, 9.17) is 0 Å². The van der Waals surface area contributed by atoms with Crippen LogP contribution in [0.3, 0.4) is 0 Å². The van der Waals surface area contributed by atoms with E-state index in [1.807, 2.05) is 0 Å². The minimum absolute atomic E-state index is 0.0920. The molecule has 2 aromatic heterocycles. The Morgan fingerprint density at radius 1 is 1.00 bits per heavy atom. The van der Waals surface area contributed by atoms with Crippen molar-refractivity contribution in [2.24, 2.45) is 0 Å². The summed E-state index contributed by atoms with van der Waals surface area (Å²) in [7, 11) is 0. The second kappa shape index (κ2) is 6.14. The van der Waals surface area contributed by atoms with Crippen molar-refractivity contribution in [2.75, 3.05) is 6.54 Å². The second-order valence-electron chi connectivity index (χ2n) is 5.81. The molecule has 0 N–H and O–H groups in total. The lowest BCUT2D eigenvalue weighted by atomic mass is 10.1. The average molecular weight is 416 g/mol. The van der Waals surface area contributed by atoms with E-state index in [2.05, 4.69) is 20.9 Å². The highest BCUT2D eigenvalue weighted by Gasteiger charge is 2.34. The number of hydrogen-bond donors (Lipinski definition) is 0. The maximum absolute atomic E-state index is 13.3. The number of amides is 2. The molecule has 3 heterocycles. The van der Waals surface area contributed by atoms with Crippen LogP contribution in [-0.2, 0) is 6.42 Å². The van der Waals surface area contributed by atoms with Crippen LogP contribution >= 0.6 is 15.9 Å². The Bertz CT molecular complexity index is 1110. The van der Waals surface area contributed by atoms with Crippen LogP contribution in [0.4, 0.5) is 4.39 Å². The van der Waals surface area contributed by atoms with E-state index < -0.39 is 11.4 Å². The number of fused-ring (bicyclic) bond motifs is 2. The molecule has 6 nitrogen and oxygen atoms in total. The van der Waals surface area contributed by atoms with Crippen LogP contribution in [-0.4, -0.2) is 32.6 Å². The highest BCUT2D eigenvalue weighted by atomic mass is 79.9. The lowest BCUT2D eigenvalue weighted by molar-refractivity contribution is 0.0656. The van der Waals surface area contributed by atoms with E-state index in [1.54, 1.807) is 24.3 Å². The average Bonchev–Trinajstić information content (AvgIpc) is 2.89. The summed E-state index contributed by atoms with van der Waals surface area (Å²) >= 11 is 3.19. The van der Waals surface area contributed by atoms with Crippen molar-refractivity contribution in [3.8, 4) is 0 Å².